The van der Waals surface area contributed by atoms with Crippen molar-refractivity contribution in [1.82, 2.24) is 10.6 Å². The number of hydrogen-bond donors (Lipinski definition) is 2. The van der Waals surface area contributed by atoms with Crippen LogP contribution in [0.3, 0.4) is 0 Å². The van der Waals surface area contributed by atoms with Gasteiger partial charge in [0.2, 0.25) is 0 Å². The molecule has 0 aliphatic rings. The van der Waals surface area contributed by atoms with Gasteiger partial charge in [0, 0.05) is 18.5 Å². The van der Waals surface area contributed by atoms with E-state index < -0.39 is 0 Å². The fourth-order valence-corrected chi connectivity index (χ4v) is 1.96. The maximum absolute atomic E-state index is 11.1. The Hall–Kier alpha value is -1.85. The average molecular weight is 320 g/mol. The van der Waals surface area contributed by atoms with Crippen molar-refractivity contribution in [3.05, 3.63) is 34.9 Å². The van der Waals surface area contributed by atoms with E-state index in [1.165, 1.54) is 0 Å². The fourth-order valence-electron chi connectivity index (χ4n) is 1.96. The highest BCUT2D eigenvalue weighted by Gasteiger charge is 2.10. The molecule has 0 aromatic heterocycles. The standard InChI is InChI=1S/C16H21NO3.C2H7N/c1-12(2)13-5-6-14(10-19)15(8-13)9-17-16(11-20)4-3-7-18;1-3-2/h5-8,10-12,16-17H,3-4,9H2,1-2H3;3H,1-2H3. The molecule has 0 aliphatic carbocycles. The predicted octanol–water partition coefficient (Wildman–Crippen LogP) is 2.09. The van der Waals surface area contributed by atoms with E-state index in [0.717, 1.165) is 30.0 Å². The Kier molecular flexibility index (Phi) is 11.7. The number of rotatable bonds is 9. The van der Waals surface area contributed by atoms with Crippen molar-refractivity contribution in [2.24, 2.45) is 0 Å². The zero-order chi connectivity index (χ0) is 17.7. The maximum Gasteiger partial charge on any atom is 0.150 e. The van der Waals surface area contributed by atoms with E-state index in [9.17, 15) is 14.4 Å². The van der Waals surface area contributed by atoms with Crippen molar-refractivity contribution < 1.29 is 14.4 Å². The largest absolute Gasteiger partial charge is 0.323 e. The van der Waals surface area contributed by atoms with Gasteiger partial charge in [-0.3, -0.25) is 4.79 Å². The van der Waals surface area contributed by atoms with E-state index in [0.29, 0.717) is 30.9 Å². The fraction of sp³-hybridized carbons (Fsp3) is 0.500. The van der Waals surface area contributed by atoms with Crippen molar-refractivity contribution in [3.63, 3.8) is 0 Å². The molecule has 0 heterocycles. The molecule has 1 aromatic carbocycles. The van der Waals surface area contributed by atoms with Crippen molar-refractivity contribution in [2.45, 2.75) is 45.2 Å². The van der Waals surface area contributed by atoms with Crippen molar-refractivity contribution in [1.29, 1.82) is 0 Å². The molecule has 23 heavy (non-hydrogen) atoms. The molecule has 0 amide bonds. The number of carbonyl (C=O) groups is 3. The summed E-state index contributed by atoms with van der Waals surface area (Å²) in [6.07, 6.45) is 3.25. The summed E-state index contributed by atoms with van der Waals surface area (Å²) in [4.78, 5) is 32.3. The molecule has 0 saturated carbocycles. The molecule has 5 nitrogen and oxygen atoms in total. The van der Waals surface area contributed by atoms with Crippen LogP contribution in [-0.4, -0.2) is 39.0 Å². The van der Waals surface area contributed by atoms with E-state index >= 15 is 0 Å². The molecule has 1 rings (SSSR count). The maximum atomic E-state index is 11.1. The minimum Gasteiger partial charge on any atom is -0.323 e. The van der Waals surface area contributed by atoms with Crippen molar-refractivity contribution in [2.75, 3.05) is 14.1 Å². The molecule has 0 fully saturated rings. The summed E-state index contributed by atoms with van der Waals surface area (Å²) in [5.74, 6) is 0.381. The average Bonchev–Trinajstić information content (AvgIpc) is 2.55. The number of nitrogens with one attached hydrogen (secondary N) is 2. The summed E-state index contributed by atoms with van der Waals surface area (Å²) in [7, 11) is 3.75. The van der Waals surface area contributed by atoms with Gasteiger partial charge in [-0.05, 0) is 37.6 Å². The van der Waals surface area contributed by atoms with E-state index in [1.807, 2.05) is 26.2 Å². The molecule has 1 unspecified atom stereocenters. The zero-order valence-electron chi connectivity index (χ0n) is 14.5. The monoisotopic (exact) mass is 320 g/mol. The normalized spacial score (nSPS) is 11.3. The minimum absolute atomic E-state index is 0.350. The molecule has 0 saturated heterocycles. The lowest BCUT2D eigenvalue weighted by Crippen LogP contribution is -2.30. The second-order valence-electron chi connectivity index (χ2n) is 5.60. The number of benzene rings is 1. The van der Waals surface area contributed by atoms with E-state index in [2.05, 4.69) is 24.5 Å². The van der Waals surface area contributed by atoms with Gasteiger partial charge in [-0.15, -0.1) is 0 Å². The quantitative estimate of drug-likeness (QED) is 0.682. The van der Waals surface area contributed by atoms with Gasteiger partial charge in [0.25, 0.3) is 0 Å². The third kappa shape index (κ3) is 8.38. The Morgan fingerprint density at radius 3 is 2.26 bits per heavy atom. The third-order valence-corrected chi connectivity index (χ3v) is 3.28. The Labute approximate surface area is 138 Å². The summed E-state index contributed by atoms with van der Waals surface area (Å²) in [5.41, 5.74) is 2.66. The van der Waals surface area contributed by atoms with Gasteiger partial charge in [-0.1, -0.05) is 32.0 Å². The molecule has 2 N–H and O–H groups in total. The lowest BCUT2D eigenvalue weighted by molar-refractivity contribution is -0.110. The molecule has 0 aliphatic heterocycles. The minimum atomic E-state index is -0.359. The number of hydrogen-bond acceptors (Lipinski definition) is 5. The van der Waals surface area contributed by atoms with Crippen LogP contribution in [0.5, 0.6) is 0 Å². The van der Waals surface area contributed by atoms with Crippen molar-refractivity contribution in [3.8, 4) is 0 Å². The van der Waals surface area contributed by atoms with Crippen LogP contribution in [0.4, 0.5) is 0 Å². The number of carbonyl (C=O) groups excluding carboxylic acids is 3. The van der Waals surface area contributed by atoms with Crippen LogP contribution in [0, 0.1) is 0 Å². The SMILES string of the molecule is CC(C)c1ccc(C=O)c(CNC(C=O)CCC=O)c1.CNC. The van der Waals surface area contributed by atoms with Gasteiger partial charge in [-0.25, -0.2) is 0 Å². The smallest absolute Gasteiger partial charge is 0.150 e. The highest BCUT2D eigenvalue weighted by Crippen LogP contribution is 2.18. The molecule has 5 heteroatoms. The van der Waals surface area contributed by atoms with Crippen LogP contribution in [0.25, 0.3) is 0 Å². The highest BCUT2D eigenvalue weighted by molar-refractivity contribution is 5.77. The van der Waals surface area contributed by atoms with Crippen LogP contribution in [0.1, 0.15) is 54.1 Å². The Balaban J connectivity index is 0.00000149. The van der Waals surface area contributed by atoms with Crippen LogP contribution in [-0.2, 0) is 16.1 Å². The molecule has 0 radical (unpaired) electrons. The molecule has 1 aromatic rings. The van der Waals surface area contributed by atoms with Crippen molar-refractivity contribution >= 4 is 18.9 Å². The second-order valence-corrected chi connectivity index (χ2v) is 5.60. The topological polar surface area (TPSA) is 75.3 Å². The highest BCUT2D eigenvalue weighted by atomic mass is 16.1. The first kappa shape index (κ1) is 21.1. The molecule has 128 valence electrons. The van der Waals surface area contributed by atoms with Gasteiger partial charge in [0.05, 0.1) is 6.04 Å². The van der Waals surface area contributed by atoms with Crippen LogP contribution < -0.4 is 10.6 Å². The summed E-state index contributed by atoms with van der Waals surface area (Å²) >= 11 is 0. The first-order valence-corrected chi connectivity index (χ1v) is 7.82. The van der Waals surface area contributed by atoms with E-state index in [1.54, 1.807) is 6.07 Å². The number of aldehydes is 3. The van der Waals surface area contributed by atoms with Gasteiger partial charge in [0.1, 0.15) is 18.9 Å². The summed E-state index contributed by atoms with van der Waals surface area (Å²) in [5, 5.41) is 5.83. The molecule has 0 bridgehead atoms. The third-order valence-electron chi connectivity index (χ3n) is 3.28. The van der Waals surface area contributed by atoms with Crippen LogP contribution in [0.2, 0.25) is 0 Å². The lowest BCUT2D eigenvalue weighted by atomic mass is 9.97. The Bertz CT molecular complexity index is 487. The van der Waals surface area contributed by atoms with Gasteiger partial charge >= 0.3 is 0 Å². The van der Waals surface area contributed by atoms with Crippen LogP contribution >= 0.6 is 0 Å². The summed E-state index contributed by atoms with van der Waals surface area (Å²) in [6, 6.07) is 5.38. The van der Waals surface area contributed by atoms with Gasteiger partial charge < -0.3 is 20.2 Å². The molecular weight excluding hydrogens is 292 g/mol. The summed E-state index contributed by atoms with van der Waals surface area (Å²) in [6.45, 7) is 4.62. The lowest BCUT2D eigenvalue weighted by Gasteiger charge is -2.14. The summed E-state index contributed by atoms with van der Waals surface area (Å²) < 4.78 is 0. The molecular formula is C18H28N2O3. The first-order valence-electron chi connectivity index (χ1n) is 7.82. The van der Waals surface area contributed by atoms with Crippen LogP contribution in [0.15, 0.2) is 18.2 Å². The first-order chi connectivity index (χ1) is 11.0. The second kappa shape index (κ2) is 12.7. The van der Waals surface area contributed by atoms with E-state index in [-0.39, 0.29) is 6.04 Å². The molecule has 0 spiro atoms. The van der Waals surface area contributed by atoms with Gasteiger partial charge in [0.15, 0.2) is 0 Å². The zero-order valence-corrected chi connectivity index (χ0v) is 14.5. The Morgan fingerprint density at radius 2 is 1.78 bits per heavy atom. The van der Waals surface area contributed by atoms with Gasteiger partial charge in [-0.2, -0.15) is 0 Å². The predicted molar refractivity (Wildman–Crippen MR) is 92.9 cm³/mol. The molecule has 1 atom stereocenters. The van der Waals surface area contributed by atoms with E-state index in [4.69, 9.17) is 0 Å². The Morgan fingerprint density at radius 1 is 1.13 bits per heavy atom.